The van der Waals surface area contributed by atoms with Gasteiger partial charge >= 0.3 is 12.2 Å². The van der Waals surface area contributed by atoms with Gasteiger partial charge in [0.1, 0.15) is 22.9 Å². The lowest BCUT2D eigenvalue weighted by molar-refractivity contribution is 0.0176. The number of hydrogen-bond donors (Lipinski definition) is 2. The minimum absolute atomic E-state index is 0.134. The normalized spacial score (nSPS) is 21.4. The minimum atomic E-state index is -0.621. The zero-order valence-electron chi connectivity index (χ0n) is 31.5. The topological polar surface area (TPSA) is 135 Å². The number of likely N-dealkylation sites (tertiary alicyclic amines) is 2. The van der Waals surface area contributed by atoms with Gasteiger partial charge in [-0.2, -0.15) is 0 Å². The van der Waals surface area contributed by atoms with E-state index in [2.05, 4.69) is 63.5 Å². The molecule has 0 spiro atoms. The van der Waals surface area contributed by atoms with Crippen molar-refractivity contribution in [1.82, 2.24) is 29.7 Å². The summed E-state index contributed by atoms with van der Waals surface area (Å²) >= 11 is 0. The Morgan fingerprint density at radius 1 is 0.774 bits per heavy atom. The maximum atomic E-state index is 13.3. The van der Waals surface area contributed by atoms with E-state index in [-0.39, 0.29) is 30.4 Å². The van der Waals surface area contributed by atoms with Crippen LogP contribution in [0.1, 0.15) is 90.2 Å². The van der Waals surface area contributed by atoms with Gasteiger partial charge < -0.3 is 28.9 Å². The molecule has 0 saturated carbocycles. The van der Waals surface area contributed by atoms with Crippen LogP contribution in [-0.2, 0) is 25.6 Å². The molecular weight excluding hydrogens is 672 g/mol. The van der Waals surface area contributed by atoms with Crippen molar-refractivity contribution in [3.63, 3.8) is 0 Å². The second kappa shape index (κ2) is 14.8. The first kappa shape index (κ1) is 36.4. The van der Waals surface area contributed by atoms with E-state index < -0.39 is 11.2 Å². The highest BCUT2D eigenvalue weighted by Gasteiger charge is 2.41. The number of nitrogens with one attached hydrogen (secondary N) is 2. The second-order valence-corrected chi connectivity index (χ2v) is 15.9. The molecule has 2 saturated heterocycles. The fourth-order valence-corrected chi connectivity index (χ4v) is 7.09. The fourth-order valence-electron chi connectivity index (χ4n) is 7.09. The monoisotopic (exact) mass is 722 g/mol. The first-order valence-electron chi connectivity index (χ1n) is 18.5. The summed E-state index contributed by atoms with van der Waals surface area (Å²) in [5, 5.41) is 0. The zero-order valence-corrected chi connectivity index (χ0v) is 31.5. The number of hydrogen-bond acceptors (Lipinski definition) is 8. The van der Waals surface area contributed by atoms with Gasteiger partial charge in [0.05, 0.1) is 67.8 Å². The lowest BCUT2D eigenvalue weighted by Gasteiger charge is -2.27. The molecular formula is C41H50N6O6. The van der Waals surface area contributed by atoms with Crippen LogP contribution < -0.4 is 0 Å². The molecule has 4 bridgehead atoms. The lowest BCUT2D eigenvalue weighted by Crippen LogP contribution is -2.37. The largest absolute Gasteiger partial charge is 0.444 e. The van der Waals surface area contributed by atoms with Crippen molar-refractivity contribution in [3.8, 4) is 33.6 Å². The standard InChI is InChI=1S/C41H50N6O6/c1-40(2,3)52-38(48)46-19-9-10-33(46)36-42-23-31(43-36)28-15-11-26(12-16-28)27-13-17-29(18-14-27)35-32-25-50-20-7-8-21-51-30-22-34(37(44-32)45-35)47(24-30)39(49)53-41(4,5)6/h7-8,11-18,23,30,33-34H,9-10,19-22,24-25H2,1-6H3,(H,42,43)(H,44,45)/b8-7+/t30-,33-,34-/m0/s1. The van der Waals surface area contributed by atoms with Gasteiger partial charge in [0.2, 0.25) is 0 Å². The van der Waals surface area contributed by atoms with Gasteiger partial charge in [0.25, 0.3) is 0 Å². The predicted octanol–water partition coefficient (Wildman–Crippen LogP) is 8.36. The Morgan fingerprint density at radius 3 is 2.08 bits per heavy atom. The molecule has 3 aliphatic heterocycles. The summed E-state index contributed by atoms with van der Waals surface area (Å²) in [6.07, 6.45) is 7.27. The first-order valence-corrected chi connectivity index (χ1v) is 18.5. The zero-order chi connectivity index (χ0) is 37.3. The molecule has 0 aliphatic carbocycles. The van der Waals surface area contributed by atoms with Gasteiger partial charge in [-0.1, -0.05) is 60.7 Å². The van der Waals surface area contributed by atoms with Crippen molar-refractivity contribution >= 4 is 12.2 Å². The number of fused-ring (bicyclic) bond motifs is 5. The van der Waals surface area contributed by atoms with Crippen LogP contribution in [-0.4, -0.2) is 85.5 Å². The van der Waals surface area contributed by atoms with Gasteiger partial charge in [0.15, 0.2) is 0 Å². The summed E-state index contributed by atoms with van der Waals surface area (Å²) in [6, 6.07) is 16.2. The molecule has 3 atom stereocenters. The van der Waals surface area contributed by atoms with Crippen LogP contribution in [0.15, 0.2) is 66.9 Å². The minimum Gasteiger partial charge on any atom is -0.444 e. The molecule has 4 aromatic rings. The summed E-state index contributed by atoms with van der Waals surface area (Å²) in [5.74, 6) is 1.46. The molecule has 3 aliphatic rings. The maximum Gasteiger partial charge on any atom is 0.411 e. The summed E-state index contributed by atoms with van der Waals surface area (Å²) in [6.45, 7) is 13.6. The molecule has 12 nitrogen and oxygen atoms in total. The molecule has 0 radical (unpaired) electrons. The van der Waals surface area contributed by atoms with E-state index in [1.165, 1.54) is 0 Å². The number of nitrogens with zero attached hydrogens (tertiary/aromatic N) is 4. The number of aromatic amines is 2. The highest BCUT2D eigenvalue weighted by atomic mass is 16.6. The number of carbonyl (C=O) groups is 2. The highest BCUT2D eigenvalue weighted by Crippen LogP contribution is 2.37. The third-order valence-corrected chi connectivity index (χ3v) is 9.54. The summed E-state index contributed by atoms with van der Waals surface area (Å²) in [5.41, 5.74) is 5.46. The van der Waals surface area contributed by atoms with Crippen LogP contribution in [0, 0.1) is 0 Å². The quantitative estimate of drug-likeness (QED) is 0.201. The third-order valence-electron chi connectivity index (χ3n) is 9.54. The number of amides is 2. The van der Waals surface area contributed by atoms with E-state index in [0.717, 1.165) is 58.0 Å². The molecule has 2 N–H and O–H groups in total. The van der Waals surface area contributed by atoms with Gasteiger partial charge in [-0.05, 0) is 71.1 Å². The smallest absolute Gasteiger partial charge is 0.411 e. The third kappa shape index (κ3) is 8.49. The number of aromatic nitrogens is 4. The highest BCUT2D eigenvalue weighted by molar-refractivity contribution is 5.73. The van der Waals surface area contributed by atoms with Crippen molar-refractivity contribution in [2.24, 2.45) is 0 Å². The van der Waals surface area contributed by atoms with E-state index in [9.17, 15) is 9.59 Å². The molecule has 2 aromatic heterocycles. The molecule has 0 unspecified atom stereocenters. The molecule has 2 fully saturated rings. The van der Waals surface area contributed by atoms with Crippen LogP contribution in [0.3, 0.4) is 0 Å². The van der Waals surface area contributed by atoms with Gasteiger partial charge in [-0.15, -0.1) is 0 Å². The lowest BCUT2D eigenvalue weighted by atomic mass is 10.0. The molecule has 5 heterocycles. The molecule has 7 rings (SSSR count). The predicted molar refractivity (Wildman–Crippen MR) is 201 cm³/mol. The Bertz CT molecular complexity index is 1930. The van der Waals surface area contributed by atoms with Crippen molar-refractivity contribution < 1.29 is 28.5 Å². The van der Waals surface area contributed by atoms with Crippen LogP contribution in [0.2, 0.25) is 0 Å². The second-order valence-electron chi connectivity index (χ2n) is 15.9. The Labute approximate surface area is 310 Å². The van der Waals surface area contributed by atoms with Crippen molar-refractivity contribution in [2.75, 3.05) is 26.3 Å². The van der Waals surface area contributed by atoms with Crippen molar-refractivity contribution in [3.05, 3.63) is 84.2 Å². The molecule has 280 valence electrons. The van der Waals surface area contributed by atoms with Crippen molar-refractivity contribution in [2.45, 2.75) is 96.8 Å². The Hall–Kier alpha value is -4.94. The number of carbonyl (C=O) groups excluding carboxylic acids is 2. The fraction of sp³-hybridized carbons (Fsp3) is 0.463. The number of ether oxygens (including phenoxy) is 4. The van der Waals surface area contributed by atoms with Gasteiger partial charge in [-0.3, -0.25) is 9.80 Å². The van der Waals surface area contributed by atoms with Gasteiger partial charge in [-0.25, -0.2) is 19.6 Å². The van der Waals surface area contributed by atoms with E-state index >= 15 is 0 Å². The maximum absolute atomic E-state index is 13.3. The molecule has 2 aromatic carbocycles. The summed E-state index contributed by atoms with van der Waals surface area (Å²) in [4.78, 5) is 46.3. The van der Waals surface area contributed by atoms with E-state index in [4.69, 9.17) is 23.9 Å². The SMILES string of the molecule is CC(C)(C)OC(=O)N1CCC[C@H]1c1ncc(-c2ccc(-c3ccc(-c4nc5[nH]c4COC/C=C/CO[C@H]4C[C@@H]5N(C(=O)OC(C)(C)C)C4)cc3)cc2)[nH]1. The number of H-pyrrole nitrogens is 2. The number of imidazole rings is 2. The Kier molecular flexibility index (Phi) is 10.2. The summed E-state index contributed by atoms with van der Waals surface area (Å²) in [7, 11) is 0. The number of benzene rings is 2. The molecule has 2 amide bonds. The van der Waals surface area contributed by atoms with Crippen LogP contribution in [0.4, 0.5) is 9.59 Å². The average Bonchev–Trinajstić information content (AvgIpc) is 3.92. The number of rotatable bonds is 4. The van der Waals surface area contributed by atoms with E-state index in [1.54, 1.807) is 9.80 Å². The van der Waals surface area contributed by atoms with Crippen LogP contribution in [0.5, 0.6) is 0 Å². The van der Waals surface area contributed by atoms with Crippen LogP contribution in [0.25, 0.3) is 33.6 Å². The average molecular weight is 723 g/mol. The van der Waals surface area contributed by atoms with E-state index in [0.29, 0.717) is 45.2 Å². The first-order chi connectivity index (χ1) is 25.3. The van der Waals surface area contributed by atoms with E-state index in [1.807, 2.05) is 59.9 Å². The van der Waals surface area contributed by atoms with Gasteiger partial charge in [0, 0.05) is 18.5 Å². The Balaban J connectivity index is 1.08. The molecule has 53 heavy (non-hydrogen) atoms. The Morgan fingerprint density at radius 2 is 1.40 bits per heavy atom. The van der Waals surface area contributed by atoms with Crippen LogP contribution >= 0.6 is 0 Å². The molecule has 12 heteroatoms. The van der Waals surface area contributed by atoms with Crippen molar-refractivity contribution in [1.29, 1.82) is 0 Å². The summed E-state index contributed by atoms with van der Waals surface area (Å²) < 4.78 is 23.5.